The summed E-state index contributed by atoms with van der Waals surface area (Å²) in [5.74, 6) is -1.62. The smallest absolute Gasteiger partial charge is 0.336 e. The molecular weight excluding hydrogens is 372 g/mol. The lowest BCUT2D eigenvalue weighted by atomic mass is 10.0. The van der Waals surface area contributed by atoms with Gasteiger partial charge in [-0.05, 0) is 35.9 Å². The molecule has 0 aliphatic rings. The number of hydrogen-bond donors (Lipinski definition) is 2. The topological polar surface area (TPSA) is 79.3 Å². The Morgan fingerprint density at radius 1 is 0.964 bits per heavy atom. The van der Waals surface area contributed by atoms with Gasteiger partial charge < -0.3 is 5.11 Å². The highest BCUT2D eigenvalue weighted by atomic mass is 32.1. The maximum absolute atomic E-state index is 12.6. The number of fused-ring (bicyclic) bond motifs is 1. The fourth-order valence-corrected chi connectivity index (χ4v) is 3.72. The number of rotatable bonds is 4. The second-order valence-corrected chi connectivity index (χ2v) is 7.27. The normalized spacial score (nSPS) is 10.8. The van der Waals surface area contributed by atoms with Crippen molar-refractivity contribution in [2.45, 2.75) is 6.92 Å². The molecule has 4 aromatic rings. The zero-order chi connectivity index (χ0) is 19.7. The van der Waals surface area contributed by atoms with Crippen LogP contribution in [0.5, 0.6) is 0 Å². The summed E-state index contributed by atoms with van der Waals surface area (Å²) in [7, 11) is 0. The molecular formula is C22H16N2O3S. The summed E-state index contributed by atoms with van der Waals surface area (Å²) in [6, 6.07) is 18.8. The van der Waals surface area contributed by atoms with Crippen molar-refractivity contribution in [2.24, 2.45) is 0 Å². The summed E-state index contributed by atoms with van der Waals surface area (Å²) >= 11 is 1.30. The van der Waals surface area contributed by atoms with Crippen molar-refractivity contribution in [3.63, 3.8) is 0 Å². The third-order valence-electron chi connectivity index (χ3n) is 4.42. The van der Waals surface area contributed by atoms with Gasteiger partial charge in [0.2, 0.25) is 0 Å². The van der Waals surface area contributed by atoms with E-state index in [1.807, 2.05) is 48.7 Å². The average molecular weight is 388 g/mol. The highest BCUT2D eigenvalue weighted by Crippen LogP contribution is 2.28. The molecule has 28 heavy (non-hydrogen) atoms. The minimum Gasteiger partial charge on any atom is -0.478 e. The number of aromatic nitrogens is 1. The summed E-state index contributed by atoms with van der Waals surface area (Å²) in [5, 5.41) is 16.6. The van der Waals surface area contributed by atoms with Gasteiger partial charge in [-0.15, -0.1) is 11.3 Å². The quantitative estimate of drug-likeness (QED) is 0.502. The molecule has 1 amide bonds. The predicted octanol–water partition coefficient (Wildman–Crippen LogP) is 5.22. The highest BCUT2D eigenvalue weighted by Gasteiger charge is 2.18. The molecule has 5 nitrogen and oxygen atoms in total. The van der Waals surface area contributed by atoms with Crippen LogP contribution in [-0.4, -0.2) is 22.0 Å². The van der Waals surface area contributed by atoms with Crippen LogP contribution in [0.1, 0.15) is 26.3 Å². The van der Waals surface area contributed by atoms with E-state index < -0.39 is 11.9 Å². The van der Waals surface area contributed by atoms with E-state index in [9.17, 15) is 14.7 Å². The molecule has 2 N–H and O–H groups in total. The number of hydrogen-bond acceptors (Lipinski definition) is 4. The van der Waals surface area contributed by atoms with Gasteiger partial charge >= 0.3 is 5.97 Å². The SMILES string of the molecule is Cc1ccc(C(=O)O)c(C(=O)Nc2nc(-c3ccc4ccccc4c3)cs2)c1. The lowest BCUT2D eigenvalue weighted by Crippen LogP contribution is -2.16. The number of thiazole rings is 1. The molecule has 0 aliphatic heterocycles. The fourth-order valence-electron chi connectivity index (χ4n) is 3.01. The van der Waals surface area contributed by atoms with Gasteiger partial charge in [0, 0.05) is 10.9 Å². The number of nitrogens with one attached hydrogen (secondary N) is 1. The molecule has 6 heteroatoms. The lowest BCUT2D eigenvalue weighted by molar-refractivity contribution is 0.0692. The van der Waals surface area contributed by atoms with E-state index >= 15 is 0 Å². The first-order valence-corrected chi connectivity index (χ1v) is 9.49. The van der Waals surface area contributed by atoms with Crippen molar-refractivity contribution in [1.82, 2.24) is 4.98 Å². The number of carboxylic acid groups (broad SMARTS) is 1. The maximum Gasteiger partial charge on any atom is 0.336 e. The van der Waals surface area contributed by atoms with E-state index in [0.717, 1.165) is 27.6 Å². The molecule has 0 saturated carbocycles. The predicted molar refractivity (Wildman–Crippen MR) is 111 cm³/mol. The van der Waals surface area contributed by atoms with E-state index in [4.69, 9.17) is 0 Å². The summed E-state index contributed by atoms with van der Waals surface area (Å²) in [6.45, 7) is 1.81. The molecule has 0 saturated heterocycles. The van der Waals surface area contributed by atoms with Gasteiger partial charge in [-0.3, -0.25) is 10.1 Å². The zero-order valence-electron chi connectivity index (χ0n) is 15.0. The Kier molecular flexibility index (Phi) is 4.63. The van der Waals surface area contributed by atoms with Crippen molar-refractivity contribution in [3.8, 4) is 11.3 Å². The van der Waals surface area contributed by atoms with E-state index in [1.165, 1.54) is 17.4 Å². The molecule has 0 aliphatic carbocycles. The summed E-state index contributed by atoms with van der Waals surface area (Å²) < 4.78 is 0. The molecule has 0 spiro atoms. The molecule has 138 valence electrons. The third-order valence-corrected chi connectivity index (χ3v) is 5.18. The first-order valence-electron chi connectivity index (χ1n) is 8.61. The first kappa shape index (κ1) is 17.9. The second kappa shape index (κ2) is 7.25. The number of carbonyl (C=O) groups excluding carboxylic acids is 1. The van der Waals surface area contributed by atoms with Gasteiger partial charge in [0.1, 0.15) is 0 Å². The molecule has 0 radical (unpaired) electrons. The number of anilines is 1. The Bertz CT molecular complexity index is 1210. The van der Waals surface area contributed by atoms with Crippen molar-refractivity contribution in [2.75, 3.05) is 5.32 Å². The molecule has 0 unspecified atom stereocenters. The van der Waals surface area contributed by atoms with Crippen molar-refractivity contribution in [3.05, 3.63) is 82.7 Å². The van der Waals surface area contributed by atoms with Gasteiger partial charge in [-0.1, -0.05) is 48.0 Å². The first-order chi connectivity index (χ1) is 13.5. The fraction of sp³-hybridized carbons (Fsp3) is 0.0455. The number of aromatic carboxylic acids is 1. The van der Waals surface area contributed by atoms with Crippen LogP contribution in [0.4, 0.5) is 5.13 Å². The van der Waals surface area contributed by atoms with Crippen LogP contribution in [0.2, 0.25) is 0 Å². The minimum absolute atomic E-state index is 0.0330. The van der Waals surface area contributed by atoms with E-state index in [0.29, 0.717) is 5.13 Å². The number of nitrogens with zero attached hydrogens (tertiary/aromatic N) is 1. The van der Waals surface area contributed by atoms with Crippen LogP contribution in [0.3, 0.4) is 0 Å². The van der Waals surface area contributed by atoms with E-state index in [-0.39, 0.29) is 11.1 Å². The number of carbonyl (C=O) groups is 2. The highest BCUT2D eigenvalue weighted by molar-refractivity contribution is 7.14. The van der Waals surface area contributed by atoms with Gasteiger partial charge in [0.25, 0.3) is 5.91 Å². The van der Waals surface area contributed by atoms with Crippen LogP contribution in [0.25, 0.3) is 22.0 Å². The molecule has 0 bridgehead atoms. The van der Waals surface area contributed by atoms with Gasteiger partial charge in [-0.2, -0.15) is 0 Å². The average Bonchev–Trinajstić information content (AvgIpc) is 3.15. The van der Waals surface area contributed by atoms with E-state index in [1.54, 1.807) is 12.1 Å². The minimum atomic E-state index is -1.14. The van der Waals surface area contributed by atoms with Crippen molar-refractivity contribution < 1.29 is 14.7 Å². The Hall–Kier alpha value is -3.51. The molecule has 0 fully saturated rings. The second-order valence-electron chi connectivity index (χ2n) is 6.41. The van der Waals surface area contributed by atoms with Crippen LogP contribution in [-0.2, 0) is 0 Å². The number of aryl methyl sites for hydroxylation is 1. The molecule has 0 atom stereocenters. The summed E-state index contributed by atoms with van der Waals surface area (Å²) in [6.07, 6.45) is 0. The van der Waals surface area contributed by atoms with Crippen molar-refractivity contribution >= 4 is 39.1 Å². The Morgan fingerprint density at radius 3 is 2.54 bits per heavy atom. The van der Waals surface area contributed by atoms with Gasteiger partial charge in [0.15, 0.2) is 5.13 Å². The molecule has 3 aromatic carbocycles. The maximum atomic E-state index is 12.6. The molecule has 1 aromatic heterocycles. The van der Waals surface area contributed by atoms with Crippen LogP contribution in [0.15, 0.2) is 66.0 Å². The summed E-state index contributed by atoms with van der Waals surface area (Å²) in [5.41, 5.74) is 2.61. The van der Waals surface area contributed by atoms with Crippen LogP contribution in [0, 0.1) is 6.92 Å². The number of carboxylic acids is 1. The van der Waals surface area contributed by atoms with Crippen LogP contribution >= 0.6 is 11.3 Å². The standard InChI is InChI=1S/C22H16N2O3S/c1-13-6-9-17(21(26)27)18(10-13)20(25)24-22-23-19(12-28-22)16-8-7-14-4-2-3-5-15(14)11-16/h2-12H,1H3,(H,26,27)(H,23,24,25). The van der Waals surface area contributed by atoms with Gasteiger partial charge in [0.05, 0.1) is 16.8 Å². The van der Waals surface area contributed by atoms with Gasteiger partial charge in [-0.25, -0.2) is 9.78 Å². The Balaban J connectivity index is 1.60. The third kappa shape index (κ3) is 3.50. The largest absolute Gasteiger partial charge is 0.478 e. The number of amides is 1. The molecule has 4 rings (SSSR count). The number of benzene rings is 3. The zero-order valence-corrected chi connectivity index (χ0v) is 15.8. The van der Waals surface area contributed by atoms with Crippen molar-refractivity contribution in [1.29, 1.82) is 0 Å². The molecule has 1 heterocycles. The van der Waals surface area contributed by atoms with E-state index in [2.05, 4.69) is 16.4 Å². The monoisotopic (exact) mass is 388 g/mol. The van der Waals surface area contributed by atoms with Crippen LogP contribution < -0.4 is 5.32 Å². The summed E-state index contributed by atoms with van der Waals surface area (Å²) in [4.78, 5) is 28.5. The Labute approximate surface area is 165 Å². The lowest BCUT2D eigenvalue weighted by Gasteiger charge is -2.07. The Morgan fingerprint density at radius 2 is 1.75 bits per heavy atom.